The van der Waals surface area contributed by atoms with Crippen LogP contribution in [0.4, 0.5) is 5.69 Å². The molecular weight excluding hydrogens is 486 g/mol. The van der Waals surface area contributed by atoms with E-state index in [1.807, 2.05) is 62.4 Å². The van der Waals surface area contributed by atoms with Gasteiger partial charge in [0, 0.05) is 17.0 Å². The van der Waals surface area contributed by atoms with Gasteiger partial charge in [-0.1, -0.05) is 42.5 Å². The van der Waals surface area contributed by atoms with Gasteiger partial charge in [-0.3, -0.25) is 14.4 Å². The Bertz CT molecular complexity index is 1240. The Hall–Kier alpha value is -2.84. The summed E-state index contributed by atoms with van der Waals surface area (Å²) in [5.41, 5.74) is 3.67. The number of hydrogen-bond acceptors (Lipinski definition) is 5. The van der Waals surface area contributed by atoms with Crippen LogP contribution in [-0.2, 0) is 20.9 Å². The predicted octanol–water partition coefficient (Wildman–Crippen LogP) is 3.42. The van der Waals surface area contributed by atoms with Crippen molar-refractivity contribution in [3.63, 3.8) is 0 Å². The Kier molecular flexibility index (Phi) is 6.61. The maximum atomic E-state index is 14.0. The van der Waals surface area contributed by atoms with Crippen LogP contribution < -0.4 is 10.6 Å². The molecule has 0 aliphatic carbocycles. The molecular formula is C29H35N3O4S. The summed E-state index contributed by atoms with van der Waals surface area (Å²) in [5.74, 6) is -1.78. The Balaban J connectivity index is 1.48. The fraction of sp³-hybridized carbons (Fsp3) is 0.483. The minimum Gasteiger partial charge on any atom is -0.394 e. The topological polar surface area (TPSA) is 98.7 Å². The second-order valence-corrected chi connectivity index (χ2v) is 12.9. The maximum absolute atomic E-state index is 14.0. The second-order valence-electron chi connectivity index (χ2n) is 11.0. The van der Waals surface area contributed by atoms with Gasteiger partial charge in [0.25, 0.3) is 0 Å². The number of thioether (sulfide) groups is 1. The molecule has 0 aromatic heterocycles. The molecule has 3 N–H and O–H groups in total. The first-order valence-electron chi connectivity index (χ1n) is 12.9. The van der Waals surface area contributed by atoms with E-state index >= 15 is 0 Å². The summed E-state index contributed by atoms with van der Waals surface area (Å²) in [6.45, 7) is 7.86. The monoisotopic (exact) mass is 521 g/mol. The van der Waals surface area contributed by atoms with Crippen LogP contribution in [0.15, 0.2) is 48.5 Å². The number of amides is 3. The van der Waals surface area contributed by atoms with Crippen molar-refractivity contribution in [2.24, 2.45) is 11.8 Å². The Labute approximate surface area is 222 Å². The molecule has 3 aliphatic heterocycles. The average Bonchev–Trinajstić information content (AvgIpc) is 3.45. The van der Waals surface area contributed by atoms with Crippen LogP contribution in [0, 0.1) is 25.7 Å². The zero-order valence-electron chi connectivity index (χ0n) is 21.8. The van der Waals surface area contributed by atoms with Crippen LogP contribution in [-0.4, -0.2) is 55.9 Å². The van der Waals surface area contributed by atoms with Crippen molar-refractivity contribution in [3.8, 4) is 0 Å². The van der Waals surface area contributed by atoms with Gasteiger partial charge >= 0.3 is 0 Å². The van der Waals surface area contributed by atoms with Gasteiger partial charge in [-0.05, 0) is 63.3 Å². The van der Waals surface area contributed by atoms with Gasteiger partial charge in [0.2, 0.25) is 17.7 Å². The Morgan fingerprint density at radius 3 is 2.57 bits per heavy atom. The largest absolute Gasteiger partial charge is 0.394 e. The van der Waals surface area contributed by atoms with E-state index < -0.39 is 33.4 Å². The Morgan fingerprint density at radius 2 is 1.86 bits per heavy atom. The Morgan fingerprint density at radius 1 is 1.14 bits per heavy atom. The highest BCUT2D eigenvalue weighted by Gasteiger charge is 2.77. The molecule has 196 valence electrons. The molecule has 3 amide bonds. The molecule has 37 heavy (non-hydrogen) atoms. The molecule has 3 saturated heterocycles. The van der Waals surface area contributed by atoms with Crippen molar-refractivity contribution in [2.45, 2.75) is 68.7 Å². The lowest BCUT2D eigenvalue weighted by Crippen LogP contribution is -2.54. The van der Waals surface area contributed by atoms with E-state index in [9.17, 15) is 19.5 Å². The summed E-state index contributed by atoms with van der Waals surface area (Å²) in [4.78, 5) is 43.2. The fourth-order valence-electron chi connectivity index (χ4n) is 6.59. The minimum absolute atomic E-state index is 0.147. The molecule has 6 atom stereocenters. The summed E-state index contributed by atoms with van der Waals surface area (Å²) < 4.78 is -1.15. The van der Waals surface area contributed by atoms with Gasteiger partial charge in [-0.2, -0.15) is 0 Å². The van der Waals surface area contributed by atoms with Gasteiger partial charge in [-0.25, -0.2) is 0 Å². The van der Waals surface area contributed by atoms with Crippen LogP contribution >= 0.6 is 11.8 Å². The third-order valence-electron chi connectivity index (χ3n) is 8.44. The zero-order chi connectivity index (χ0) is 26.5. The SMILES string of the molecule is Cc1ccc(C)c(NC(=O)C2N([C@H](C)CO)C(=O)[C@@H]3[C@H](C(=O)NCc4ccccc4)[C@]4(C)CCC23S4)c1. The van der Waals surface area contributed by atoms with E-state index in [4.69, 9.17) is 0 Å². The van der Waals surface area contributed by atoms with Crippen LogP contribution in [0.25, 0.3) is 0 Å². The lowest BCUT2D eigenvalue weighted by Gasteiger charge is -2.36. The first kappa shape index (κ1) is 25.8. The molecule has 3 aliphatic rings. The number of aliphatic hydroxyl groups excluding tert-OH is 1. The molecule has 8 heteroatoms. The van der Waals surface area contributed by atoms with Crippen molar-refractivity contribution in [1.29, 1.82) is 0 Å². The van der Waals surface area contributed by atoms with E-state index in [1.165, 1.54) is 0 Å². The van der Waals surface area contributed by atoms with Gasteiger partial charge in [-0.15, -0.1) is 11.8 Å². The highest BCUT2D eigenvalue weighted by Crippen LogP contribution is 2.71. The highest BCUT2D eigenvalue weighted by atomic mass is 32.2. The molecule has 0 radical (unpaired) electrons. The highest BCUT2D eigenvalue weighted by molar-refractivity contribution is 8.02. The third kappa shape index (κ3) is 4.14. The molecule has 3 heterocycles. The van der Waals surface area contributed by atoms with Crippen molar-refractivity contribution >= 4 is 35.2 Å². The van der Waals surface area contributed by atoms with Crippen LogP contribution in [0.5, 0.6) is 0 Å². The minimum atomic E-state index is -0.772. The molecule has 3 fully saturated rings. The third-order valence-corrected chi connectivity index (χ3v) is 10.4. The molecule has 0 saturated carbocycles. The van der Waals surface area contributed by atoms with Crippen molar-refractivity contribution < 1.29 is 19.5 Å². The lowest BCUT2D eigenvalue weighted by molar-refractivity contribution is -0.142. The van der Waals surface area contributed by atoms with E-state index in [0.717, 1.165) is 28.8 Å². The zero-order valence-corrected chi connectivity index (χ0v) is 22.6. The lowest BCUT2D eigenvalue weighted by atomic mass is 9.66. The number of nitrogens with zero attached hydrogens (tertiary/aromatic N) is 1. The van der Waals surface area contributed by atoms with E-state index in [0.29, 0.717) is 13.0 Å². The molecule has 7 nitrogen and oxygen atoms in total. The number of aryl methyl sites for hydroxylation is 2. The number of aliphatic hydroxyl groups is 1. The number of nitrogens with one attached hydrogen (secondary N) is 2. The number of benzene rings is 2. The number of fused-ring (bicyclic) bond motifs is 1. The molecule has 5 rings (SSSR count). The summed E-state index contributed by atoms with van der Waals surface area (Å²) in [5, 5.41) is 16.2. The standard InChI is InChI=1S/C29H35N3O4S/c1-17-10-11-18(2)21(14-17)31-26(35)24-29-13-12-28(4,37-29)22(23(29)27(36)32(24)19(3)16-33)25(34)30-15-20-8-6-5-7-9-20/h5-11,14,19,22-24,33H,12-13,15-16H2,1-4H3,(H,30,34)(H,31,35)/t19-,22-,23+,24?,28+,29?/m1/s1. The summed E-state index contributed by atoms with van der Waals surface area (Å²) in [6, 6.07) is 14.3. The smallest absolute Gasteiger partial charge is 0.248 e. The number of carbonyl (C=O) groups excluding carboxylic acids is 3. The first-order chi connectivity index (χ1) is 17.6. The van der Waals surface area contributed by atoms with Crippen LogP contribution in [0.1, 0.15) is 43.4 Å². The fourth-order valence-corrected chi connectivity index (χ4v) is 8.94. The summed E-state index contributed by atoms with van der Waals surface area (Å²) in [6.07, 6.45) is 1.42. The molecule has 2 aromatic rings. The summed E-state index contributed by atoms with van der Waals surface area (Å²) >= 11 is 1.63. The average molecular weight is 522 g/mol. The summed E-state index contributed by atoms with van der Waals surface area (Å²) in [7, 11) is 0. The van der Waals surface area contributed by atoms with Crippen LogP contribution in [0.3, 0.4) is 0 Å². The van der Waals surface area contributed by atoms with Crippen LogP contribution in [0.2, 0.25) is 0 Å². The van der Waals surface area contributed by atoms with Gasteiger partial charge in [0.05, 0.1) is 29.2 Å². The van der Waals surface area contributed by atoms with Gasteiger partial charge in [0.1, 0.15) is 6.04 Å². The number of hydrogen-bond donors (Lipinski definition) is 3. The molecule has 2 unspecified atom stereocenters. The van der Waals surface area contributed by atoms with Crippen molar-refractivity contribution in [1.82, 2.24) is 10.2 Å². The number of likely N-dealkylation sites (tertiary alicyclic amines) is 1. The van der Waals surface area contributed by atoms with Gasteiger partial charge in [0.15, 0.2) is 0 Å². The second kappa shape index (κ2) is 9.48. The number of anilines is 1. The van der Waals surface area contributed by atoms with Crippen molar-refractivity contribution in [3.05, 3.63) is 65.2 Å². The predicted molar refractivity (Wildman–Crippen MR) is 145 cm³/mol. The van der Waals surface area contributed by atoms with E-state index in [2.05, 4.69) is 17.6 Å². The van der Waals surface area contributed by atoms with E-state index in [1.54, 1.807) is 23.6 Å². The molecule has 2 aromatic carbocycles. The molecule has 2 bridgehead atoms. The van der Waals surface area contributed by atoms with Crippen molar-refractivity contribution in [2.75, 3.05) is 11.9 Å². The maximum Gasteiger partial charge on any atom is 0.248 e. The molecule has 1 spiro atoms. The van der Waals surface area contributed by atoms with Gasteiger partial charge < -0.3 is 20.6 Å². The first-order valence-corrected chi connectivity index (χ1v) is 13.8. The normalized spacial score (nSPS) is 30.8. The number of rotatable bonds is 7. The quantitative estimate of drug-likeness (QED) is 0.519. The van der Waals surface area contributed by atoms with E-state index in [-0.39, 0.29) is 24.3 Å². The number of carbonyl (C=O) groups is 3.